The van der Waals surface area contributed by atoms with E-state index in [-0.39, 0.29) is 5.57 Å². The summed E-state index contributed by atoms with van der Waals surface area (Å²) in [5, 5.41) is 2.32. The molecule has 1 fully saturated rings. The number of imide groups is 2. The fraction of sp³-hybridized carbons (Fsp3) is 0.250. The van der Waals surface area contributed by atoms with Gasteiger partial charge in [0.15, 0.2) is 0 Å². The third-order valence-corrected chi connectivity index (χ3v) is 6.14. The van der Waals surface area contributed by atoms with Crippen molar-refractivity contribution in [3.05, 3.63) is 87.7 Å². The van der Waals surface area contributed by atoms with Crippen molar-refractivity contribution in [3.8, 4) is 5.69 Å². The number of barbiturate groups is 1. The van der Waals surface area contributed by atoms with Crippen LogP contribution in [0.25, 0.3) is 11.8 Å². The van der Waals surface area contributed by atoms with Crippen LogP contribution in [0.5, 0.6) is 0 Å². The van der Waals surface area contributed by atoms with Crippen LogP contribution in [0.3, 0.4) is 0 Å². The minimum absolute atomic E-state index is 0.0730. The van der Waals surface area contributed by atoms with Crippen molar-refractivity contribution in [2.45, 2.75) is 47.5 Å². The fourth-order valence-electron chi connectivity index (χ4n) is 4.61. The van der Waals surface area contributed by atoms with Crippen LogP contribution >= 0.6 is 0 Å². The topological polar surface area (TPSA) is 71.4 Å². The number of hydrogen-bond donors (Lipinski definition) is 1. The van der Waals surface area contributed by atoms with Crippen LogP contribution in [0.2, 0.25) is 0 Å². The highest BCUT2D eigenvalue weighted by atomic mass is 16.2. The molecule has 0 aliphatic carbocycles. The number of hydrogen-bond acceptors (Lipinski definition) is 3. The summed E-state index contributed by atoms with van der Waals surface area (Å²) in [4.78, 5) is 39.7. The number of rotatable bonds is 4. The number of para-hydroxylation sites is 1. The van der Waals surface area contributed by atoms with Gasteiger partial charge in [-0.05, 0) is 86.2 Å². The standard InChI is InChI=1S/C28H29N3O3/c1-16(2)23-9-7-8-10-25(23)30-19(5)14-21(20(30)6)15-24-26(32)29-28(34)31(27(24)33)22-12-17(3)11-18(4)13-22/h7-16H,1-6H3,(H,29,32,34)/b24-15+. The first-order chi connectivity index (χ1) is 16.1. The van der Waals surface area contributed by atoms with Crippen LogP contribution in [-0.2, 0) is 9.59 Å². The van der Waals surface area contributed by atoms with Crippen molar-refractivity contribution in [1.29, 1.82) is 0 Å². The number of nitrogens with one attached hydrogen (secondary N) is 1. The zero-order valence-corrected chi connectivity index (χ0v) is 20.4. The Bertz CT molecular complexity index is 1340. The van der Waals surface area contributed by atoms with Gasteiger partial charge in [0.1, 0.15) is 5.57 Å². The van der Waals surface area contributed by atoms with Crippen molar-refractivity contribution in [3.63, 3.8) is 0 Å². The molecule has 174 valence electrons. The molecule has 6 heteroatoms. The zero-order chi connectivity index (χ0) is 24.7. The Balaban J connectivity index is 1.80. The van der Waals surface area contributed by atoms with E-state index < -0.39 is 17.8 Å². The van der Waals surface area contributed by atoms with E-state index in [1.165, 1.54) is 5.56 Å². The molecule has 2 heterocycles. The second-order valence-corrected chi connectivity index (χ2v) is 9.18. The Labute approximate surface area is 199 Å². The molecule has 1 aliphatic heterocycles. The van der Waals surface area contributed by atoms with E-state index in [1.54, 1.807) is 18.2 Å². The lowest BCUT2D eigenvalue weighted by Gasteiger charge is -2.27. The lowest BCUT2D eigenvalue weighted by Crippen LogP contribution is -2.54. The van der Waals surface area contributed by atoms with Gasteiger partial charge < -0.3 is 4.57 Å². The summed E-state index contributed by atoms with van der Waals surface area (Å²) in [6.45, 7) is 12.1. The van der Waals surface area contributed by atoms with E-state index in [0.29, 0.717) is 11.6 Å². The monoisotopic (exact) mass is 455 g/mol. The molecule has 3 aromatic rings. The van der Waals surface area contributed by atoms with Gasteiger partial charge in [0.2, 0.25) is 0 Å². The number of anilines is 1. The van der Waals surface area contributed by atoms with Gasteiger partial charge in [-0.25, -0.2) is 9.69 Å². The molecule has 0 spiro atoms. The van der Waals surface area contributed by atoms with E-state index in [9.17, 15) is 14.4 Å². The SMILES string of the molecule is Cc1cc(C)cc(N2C(=O)NC(=O)/C(=C\c3cc(C)n(-c4ccccc4C(C)C)c3C)C2=O)c1. The Morgan fingerprint density at radius 2 is 1.53 bits per heavy atom. The molecule has 1 saturated heterocycles. The third kappa shape index (κ3) is 4.07. The molecule has 0 radical (unpaired) electrons. The molecular formula is C28H29N3O3. The minimum atomic E-state index is -0.742. The fourth-order valence-corrected chi connectivity index (χ4v) is 4.61. The van der Waals surface area contributed by atoms with Crippen molar-refractivity contribution in [1.82, 2.24) is 9.88 Å². The summed E-state index contributed by atoms with van der Waals surface area (Å²) in [6.07, 6.45) is 1.58. The van der Waals surface area contributed by atoms with Gasteiger partial charge >= 0.3 is 6.03 Å². The summed E-state index contributed by atoms with van der Waals surface area (Å²) < 4.78 is 2.14. The molecule has 1 aliphatic rings. The zero-order valence-electron chi connectivity index (χ0n) is 20.4. The molecule has 0 saturated carbocycles. The lowest BCUT2D eigenvalue weighted by molar-refractivity contribution is -0.122. The second kappa shape index (κ2) is 8.78. The van der Waals surface area contributed by atoms with E-state index in [2.05, 4.69) is 35.9 Å². The van der Waals surface area contributed by atoms with Crippen molar-refractivity contribution >= 4 is 29.6 Å². The molecule has 0 bridgehead atoms. The van der Waals surface area contributed by atoms with Crippen LogP contribution in [-0.4, -0.2) is 22.4 Å². The van der Waals surface area contributed by atoms with E-state index in [0.717, 1.165) is 38.7 Å². The van der Waals surface area contributed by atoms with Crippen LogP contribution in [0.4, 0.5) is 10.5 Å². The number of benzene rings is 2. The smallest absolute Gasteiger partial charge is 0.318 e. The number of aryl methyl sites for hydroxylation is 3. The first-order valence-electron chi connectivity index (χ1n) is 11.4. The normalized spacial score (nSPS) is 15.4. The highest BCUT2D eigenvalue weighted by Crippen LogP contribution is 2.30. The first kappa shape index (κ1) is 23.2. The number of aromatic nitrogens is 1. The first-order valence-corrected chi connectivity index (χ1v) is 11.4. The van der Waals surface area contributed by atoms with Crippen LogP contribution in [0, 0.1) is 27.7 Å². The Kier molecular flexibility index (Phi) is 6.00. The van der Waals surface area contributed by atoms with Gasteiger partial charge in [-0.1, -0.05) is 38.1 Å². The highest BCUT2D eigenvalue weighted by molar-refractivity contribution is 6.39. The average molecular weight is 456 g/mol. The summed E-state index contributed by atoms with van der Waals surface area (Å²) >= 11 is 0. The van der Waals surface area contributed by atoms with E-state index >= 15 is 0 Å². The van der Waals surface area contributed by atoms with Crippen LogP contribution in [0.15, 0.2) is 54.1 Å². The predicted molar refractivity (Wildman–Crippen MR) is 134 cm³/mol. The molecule has 0 unspecified atom stereocenters. The summed E-state index contributed by atoms with van der Waals surface area (Å²) in [7, 11) is 0. The molecule has 0 atom stereocenters. The molecule has 6 nitrogen and oxygen atoms in total. The predicted octanol–water partition coefficient (Wildman–Crippen LogP) is 5.50. The summed E-state index contributed by atoms with van der Waals surface area (Å²) in [6, 6.07) is 14.9. The van der Waals surface area contributed by atoms with Gasteiger partial charge in [-0.2, -0.15) is 0 Å². The Morgan fingerprint density at radius 1 is 0.882 bits per heavy atom. The number of nitrogens with zero attached hydrogens (tertiary/aromatic N) is 2. The number of carbonyl (C=O) groups is 3. The van der Waals surface area contributed by atoms with E-state index in [1.807, 2.05) is 52.0 Å². The van der Waals surface area contributed by atoms with Gasteiger partial charge in [0.05, 0.1) is 5.69 Å². The molecule has 34 heavy (non-hydrogen) atoms. The van der Waals surface area contributed by atoms with Crippen molar-refractivity contribution in [2.24, 2.45) is 0 Å². The molecular weight excluding hydrogens is 426 g/mol. The molecule has 1 N–H and O–H groups in total. The maximum Gasteiger partial charge on any atom is 0.335 e. The quantitative estimate of drug-likeness (QED) is 0.417. The molecule has 2 aromatic carbocycles. The number of carbonyl (C=O) groups excluding carboxylic acids is 3. The van der Waals surface area contributed by atoms with E-state index in [4.69, 9.17) is 0 Å². The van der Waals surface area contributed by atoms with Gasteiger partial charge in [0, 0.05) is 17.1 Å². The average Bonchev–Trinajstić information content (AvgIpc) is 3.03. The summed E-state index contributed by atoms with van der Waals surface area (Å²) in [5.41, 5.74) is 7.15. The number of urea groups is 1. The minimum Gasteiger partial charge on any atom is -0.318 e. The highest BCUT2D eigenvalue weighted by Gasteiger charge is 2.37. The second-order valence-electron chi connectivity index (χ2n) is 9.18. The maximum absolute atomic E-state index is 13.4. The third-order valence-electron chi connectivity index (χ3n) is 6.14. The largest absolute Gasteiger partial charge is 0.335 e. The summed E-state index contributed by atoms with van der Waals surface area (Å²) in [5.74, 6) is -0.989. The Morgan fingerprint density at radius 3 is 2.18 bits per heavy atom. The van der Waals surface area contributed by atoms with Gasteiger partial charge in [-0.15, -0.1) is 0 Å². The van der Waals surface area contributed by atoms with Crippen molar-refractivity contribution in [2.75, 3.05) is 4.90 Å². The van der Waals surface area contributed by atoms with Crippen LogP contribution < -0.4 is 10.2 Å². The lowest BCUT2D eigenvalue weighted by atomic mass is 10.0. The van der Waals surface area contributed by atoms with Crippen molar-refractivity contribution < 1.29 is 14.4 Å². The van der Waals surface area contributed by atoms with Crippen LogP contribution in [0.1, 0.15) is 53.4 Å². The molecule has 1 aromatic heterocycles. The molecule has 4 amide bonds. The maximum atomic E-state index is 13.4. The number of amides is 4. The molecule has 4 rings (SSSR count). The van der Waals surface area contributed by atoms with Gasteiger partial charge in [-0.3, -0.25) is 14.9 Å². The van der Waals surface area contributed by atoms with Gasteiger partial charge in [0.25, 0.3) is 11.8 Å². The Hall–Kier alpha value is -3.93.